The van der Waals surface area contributed by atoms with Crippen molar-refractivity contribution in [2.75, 3.05) is 11.9 Å². The number of carbonyl (C=O) groups excluding carboxylic acids is 1. The molecule has 0 spiro atoms. The fourth-order valence-electron chi connectivity index (χ4n) is 4.65. The van der Waals surface area contributed by atoms with Crippen LogP contribution in [-0.4, -0.2) is 28.8 Å². The summed E-state index contributed by atoms with van der Waals surface area (Å²) in [6, 6.07) is 20.8. The molecule has 1 aliphatic rings. The zero-order chi connectivity index (χ0) is 30.3. The van der Waals surface area contributed by atoms with Crippen molar-refractivity contribution < 1.29 is 27.9 Å². The molecule has 3 aromatic carbocycles. The van der Waals surface area contributed by atoms with Gasteiger partial charge in [0.1, 0.15) is 41.8 Å². The molecule has 1 amide bonds. The van der Waals surface area contributed by atoms with Crippen LogP contribution in [0.1, 0.15) is 30.6 Å². The molecule has 6 rings (SSSR count). The standard InChI is InChI=1S/C33H28ClFN4O5/c34-27-18-24(8-12-30(27)42-19-21-4-3-5-23(35)16-21)38-33-26-17-22(7-11-28(26)36-20-37-33)29-13-9-25(43-29)10-14-31(40)39-44-32-6-1-2-15-41-32/h3-5,7-14,16-18,20,32H,1-2,6,15,19H2,(H,39,40)(H,36,37,38). The smallest absolute Gasteiger partial charge is 0.267 e. The fraction of sp³-hybridized carbons (Fsp3) is 0.182. The maximum atomic E-state index is 13.5. The number of benzene rings is 3. The van der Waals surface area contributed by atoms with Crippen LogP contribution in [0, 0.1) is 5.82 Å². The van der Waals surface area contributed by atoms with Crippen LogP contribution in [0.5, 0.6) is 5.75 Å². The van der Waals surface area contributed by atoms with Crippen LogP contribution in [-0.2, 0) is 21.0 Å². The zero-order valence-electron chi connectivity index (χ0n) is 23.5. The lowest BCUT2D eigenvalue weighted by atomic mass is 10.1. The number of halogens is 2. The van der Waals surface area contributed by atoms with Crippen LogP contribution >= 0.6 is 11.6 Å². The number of anilines is 2. The lowest BCUT2D eigenvalue weighted by Gasteiger charge is -2.21. The van der Waals surface area contributed by atoms with E-state index in [1.165, 1.54) is 24.5 Å². The van der Waals surface area contributed by atoms with E-state index in [-0.39, 0.29) is 12.4 Å². The number of ether oxygens (including phenoxy) is 2. The van der Waals surface area contributed by atoms with Crippen molar-refractivity contribution in [3.05, 3.63) is 107 Å². The molecule has 0 saturated carbocycles. The minimum atomic E-state index is -0.420. The molecule has 224 valence electrons. The minimum absolute atomic E-state index is 0.186. The average Bonchev–Trinajstić information content (AvgIpc) is 3.52. The number of hydrogen-bond acceptors (Lipinski definition) is 8. The first-order chi connectivity index (χ1) is 21.5. The van der Waals surface area contributed by atoms with Crippen molar-refractivity contribution in [2.45, 2.75) is 32.2 Å². The second kappa shape index (κ2) is 13.7. The maximum Gasteiger partial charge on any atom is 0.267 e. The summed E-state index contributed by atoms with van der Waals surface area (Å²) in [5.74, 6) is 1.42. The second-order valence-electron chi connectivity index (χ2n) is 10.1. The van der Waals surface area contributed by atoms with E-state index >= 15 is 0 Å². The molecule has 3 heterocycles. The largest absolute Gasteiger partial charge is 0.487 e. The Bertz CT molecular complexity index is 1800. The van der Waals surface area contributed by atoms with Gasteiger partial charge in [-0.2, -0.15) is 0 Å². The Morgan fingerprint density at radius 2 is 2.00 bits per heavy atom. The van der Waals surface area contributed by atoms with Crippen molar-refractivity contribution in [2.24, 2.45) is 0 Å². The van der Waals surface area contributed by atoms with Gasteiger partial charge in [-0.25, -0.2) is 24.7 Å². The molecule has 1 aliphatic heterocycles. The summed E-state index contributed by atoms with van der Waals surface area (Å²) in [5.41, 5.74) is 5.32. The van der Waals surface area contributed by atoms with Crippen LogP contribution in [0.4, 0.5) is 15.9 Å². The first kappa shape index (κ1) is 29.3. The van der Waals surface area contributed by atoms with Gasteiger partial charge < -0.3 is 19.2 Å². The van der Waals surface area contributed by atoms with Crippen molar-refractivity contribution in [3.63, 3.8) is 0 Å². The van der Waals surface area contributed by atoms with Gasteiger partial charge in [0.25, 0.3) is 5.91 Å². The van der Waals surface area contributed by atoms with E-state index in [9.17, 15) is 9.18 Å². The Morgan fingerprint density at radius 3 is 2.84 bits per heavy atom. The Balaban J connectivity index is 1.12. The highest BCUT2D eigenvalue weighted by molar-refractivity contribution is 6.32. The lowest BCUT2D eigenvalue weighted by molar-refractivity contribution is -0.198. The lowest BCUT2D eigenvalue weighted by Crippen LogP contribution is -2.32. The summed E-state index contributed by atoms with van der Waals surface area (Å²) in [4.78, 5) is 26.3. The number of carbonyl (C=O) groups is 1. The number of aromatic nitrogens is 2. The molecule has 5 aromatic rings. The fourth-order valence-corrected chi connectivity index (χ4v) is 4.88. The molecular formula is C33H28ClFN4O5. The molecule has 1 saturated heterocycles. The molecule has 0 bridgehead atoms. The van der Waals surface area contributed by atoms with Crippen molar-refractivity contribution in [1.29, 1.82) is 0 Å². The minimum Gasteiger partial charge on any atom is -0.487 e. The van der Waals surface area contributed by atoms with E-state index in [2.05, 4.69) is 20.8 Å². The van der Waals surface area contributed by atoms with E-state index in [1.807, 2.05) is 30.3 Å². The topological polar surface area (TPSA) is 108 Å². The Hall–Kier alpha value is -4.77. The molecule has 1 fully saturated rings. The molecule has 44 heavy (non-hydrogen) atoms. The second-order valence-corrected chi connectivity index (χ2v) is 10.5. The van der Waals surface area contributed by atoms with Gasteiger partial charge in [-0.15, -0.1) is 0 Å². The maximum absolute atomic E-state index is 13.5. The number of rotatable bonds is 10. The van der Waals surface area contributed by atoms with Gasteiger partial charge in [-0.05, 0) is 85.1 Å². The van der Waals surface area contributed by atoms with Crippen LogP contribution < -0.4 is 15.5 Å². The summed E-state index contributed by atoms with van der Waals surface area (Å²) in [6.45, 7) is 0.812. The predicted octanol–water partition coefficient (Wildman–Crippen LogP) is 7.59. The summed E-state index contributed by atoms with van der Waals surface area (Å²) in [5, 5.41) is 4.46. The van der Waals surface area contributed by atoms with Crippen molar-refractivity contribution in [3.8, 4) is 17.1 Å². The van der Waals surface area contributed by atoms with E-state index < -0.39 is 12.2 Å². The summed E-state index contributed by atoms with van der Waals surface area (Å²) >= 11 is 6.49. The Labute approximate surface area is 257 Å². The van der Waals surface area contributed by atoms with Crippen LogP contribution in [0.2, 0.25) is 5.02 Å². The van der Waals surface area contributed by atoms with Gasteiger partial charge in [0.2, 0.25) is 0 Å². The van der Waals surface area contributed by atoms with Gasteiger partial charge in [-0.1, -0.05) is 23.7 Å². The van der Waals surface area contributed by atoms with E-state index in [0.717, 1.165) is 35.7 Å². The Morgan fingerprint density at radius 1 is 1.07 bits per heavy atom. The highest BCUT2D eigenvalue weighted by Gasteiger charge is 2.15. The van der Waals surface area contributed by atoms with Gasteiger partial charge in [0.15, 0.2) is 6.29 Å². The predicted molar refractivity (Wildman–Crippen MR) is 165 cm³/mol. The quantitative estimate of drug-likeness (QED) is 0.122. The molecular weight excluding hydrogens is 587 g/mol. The third kappa shape index (κ3) is 7.41. The number of hydrogen-bond donors (Lipinski definition) is 2. The van der Waals surface area contributed by atoms with Gasteiger partial charge in [0, 0.05) is 35.7 Å². The highest BCUT2D eigenvalue weighted by Crippen LogP contribution is 2.33. The SMILES string of the molecule is O=C(C=Cc1ccc(-c2ccc3ncnc(Nc4ccc(OCc5cccc(F)c5)c(Cl)c4)c3c2)o1)NOC1CCCCO1. The highest BCUT2D eigenvalue weighted by atomic mass is 35.5. The first-order valence-electron chi connectivity index (χ1n) is 14.0. The molecule has 2 N–H and O–H groups in total. The number of fused-ring (bicyclic) bond motifs is 1. The first-order valence-corrected chi connectivity index (χ1v) is 14.4. The van der Waals surface area contributed by atoms with Crippen LogP contribution in [0.15, 0.2) is 89.6 Å². The molecule has 11 heteroatoms. The number of hydroxylamine groups is 1. The van der Waals surface area contributed by atoms with Gasteiger partial charge in [-0.3, -0.25) is 4.79 Å². The van der Waals surface area contributed by atoms with Gasteiger partial charge in [0.05, 0.1) is 10.5 Å². The summed E-state index contributed by atoms with van der Waals surface area (Å²) < 4.78 is 30.7. The number of nitrogens with one attached hydrogen (secondary N) is 2. The number of nitrogens with zero attached hydrogens (tertiary/aromatic N) is 2. The third-order valence-electron chi connectivity index (χ3n) is 6.85. The number of furan rings is 1. The van der Waals surface area contributed by atoms with Crippen LogP contribution in [0.25, 0.3) is 28.3 Å². The van der Waals surface area contributed by atoms with E-state index in [4.69, 9.17) is 30.3 Å². The molecule has 0 radical (unpaired) electrons. The number of amides is 1. The van der Waals surface area contributed by atoms with Crippen molar-refractivity contribution in [1.82, 2.24) is 15.4 Å². The normalized spacial score (nSPS) is 15.0. The average molecular weight is 615 g/mol. The molecule has 1 unspecified atom stereocenters. The summed E-state index contributed by atoms with van der Waals surface area (Å²) in [7, 11) is 0. The molecule has 0 aliphatic carbocycles. The Kier molecular flexibility index (Phi) is 9.11. The van der Waals surface area contributed by atoms with Gasteiger partial charge >= 0.3 is 0 Å². The van der Waals surface area contributed by atoms with Crippen molar-refractivity contribution >= 4 is 46.0 Å². The van der Waals surface area contributed by atoms with Crippen LogP contribution in [0.3, 0.4) is 0 Å². The van der Waals surface area contributed by atoms with E-state index in [1.54, 1.807) is 36.4 Å². The summed E-state index contributed by atoms with van der Waals surface area (Å²) in [6.07, 6.45) is 6.70. The van der Waals surface area contributed by atoms with E-state index in [0.29, 0.717) is 46.0 Å². The molecule has 9 nitrogen and oxygen atoms in total. The molecule has 2 aromatic heterocycles. The monoisotopic (exact) mass is 614 g/mol. The molecule has 1 atom stereocenters. The third-order valence-corrected chi connectivity index (χ3v) is 7.15. The zero-order valence-corrected chi connectivity index (χ0v) is 24.2.